The van der Waals surface area contributed by atoms with E-state index in [2.05, 4.69) is 17.1 Å². The van der Waals surface area contributed by atoms with Crippen LogP contribution in [0.15, 0.2) is 12.2 Å². The molecule has 3 heteroatoms. The van der Waals surface area contributed by atoms with Crippen LogP contribution in [0.2, 0.25) is 0 Å². The number of rotatable bonds is 2. The molecule has 3 aliphatic rings. The molecule has 0 saturated carbocycles. The van der Waals surface area contributed by atoms with E-state index in [1.54, 1.807) is 0 Å². The molecule has 2 fully saturated rings. The molecule has 2 saturated heterocycles. The summed E-state index contributed by atoms with van der Waals surface area (Å²) >= 11 is 0. The van der Waals surface area contributed by atoms with E-state index >= 15 is 0 Å². The lowest BCUT2D eigenvalue weighted by Crippen LogP contribution is -2.45. The average molecular weight is 220 g/mol. The summed E-state index contributed by atoms with van der Waals surface area (Å²) in [7, 11) is 0. The first-order valence-electron chi connectivity index (χ1n) is 6.55. The van der Waals surface area contributed by atoms with Crippen molar-refractivity contribution in [2.24, 2.45) is 0 Å². The maximum atomic E-state index is 12.1. The third-order valence-electron chi connectivity index (χ3n) is 4.23. The minimum absolute atomic E-state index is 0.352. The Morgan fingerprint density at radius 3 is 2.81 bits per heavy atom. The number of fused-ring (bicyclic) bond motifs is 2. The predicted octanol–water partition coefficient (Wildman–Crippen LogP) is 1.40. The van der Waals surface area contributed by atoms with E-state index in [1.165, 1.54) is 25.7 Å². The standard InChI is InChI=1S/C13H20N2O/c16-13(14-8-1-2-9-14)10-15-11-4-3-5-12(15)7-6-11/h3-4,11-12H,1-2,5-10H2. The van der Waals surface area contributed by atoms with E-state index in [0.717, 1.165) is 19.5 Å². The summed E-state index contributed by atoms with van der Waals surface area (Å²) in [5.41, 5.74) is 0. The molecule has 2 bridgehead atoms. The summed E-state index contributed by atoms with van der Waals surface area (Å²) in [4.78, 5) is 16.5. The topological polar surface area (TPSA) is 23.6 Å². The molecule has 0 N–H and O–H groups in total. The van der Waals surface area contributed by atoms with Gasteiger partial charge in [-0.2, -0.15) is 0 Å². The summed E-state index contributed by atoms with van der Waals surface area (Å²) in [6, 6.07) is 1.19. The molecule has 2 unspecified atom stereocenters. The van der Waals surface area contributed by atoms with Gasteiger partial charge < -0.3 is 4.90 Å². The van der Waals surface area contributed by atoms with Crippen LogP contribution in [-0.4, -0.2) is 47.4 Å². The van der Waals surface area contributed by atoms with Crippen LogP contribution in [0.3, 0.4) is 0 Å². The third kappa shape index (κ3) is 1.77. The van der Waals surface area contributed by atoms with Gasteiger partial charge in [-0.1, -0.05) is 12.2 Å². The Morgan fingerprint density at radius 2 is 2.06 bits per heavy atom. The first kappa shape index (κ1) is 10.3. The molecule has 0 aromatic heterocycles. The van der Waals surface area contributed by atoms with E-state index in [4.69, 9.17) is 0 Å². The molecule has 16 heavy (non-hydrogen) atoms. The molecule has 3 aliphatic heterocycles. The fourth-order valence-electron chi connectivity index (χ4n) is 3.29. The van der Waals surface area contributed by atoms with Crippen LogP contribution in [0, 0.1) is 0 Å². The minimum Gasteiger partial charge on any atom is -0.342 e. The van der Waals surface area contributed by atoms with Gasteiger partial charge in [0.1, 0.15) is 0 Å². The normalized spacial score (nSPS) is 33.6. The zero-order chi connectivity index (χ0) is 11.0. The lowest BCUT2D eigenvalue weighted by atomic mass is 10.1. The summed E-state index contributed by atoms with van der Waals surface area (Å²) in [5.74, 6) is 0.352. The van der Waals surface area contributed by atoms with Crippen LogP contribution in [0.1, 0.15) is 32.1 Å². The number of hydrogen-bond acceptors (Lipinski definition) is 2. The van der Waals surface area contributed by atoms with Crippen LogP contribution in [0.4, 0.5) is 0 Å². The van der Waals surface area contributed by atoms with Gasteiger partial charge in [0.05, 0.1) is 6.54 Å². The highest BCUT2D eigenvalue weighted by Crippen LogP contribution is 2.31. The SMILES string of the molecule is O=C(CN1C2C=CCC1CC2)N1CCCC1. The number of carbonyl (C=O) groups is 1. The van der Waals surface area contributed by atoms with Crippen molar-refractivity contribution in [1.29, 1.82) is 0 Å². The van der Waals surface area contributed by atoms with Crippen LogP contribution in [0.5, 0.6) is 0 Å². The first-order chi connectivity index (χ1) is 7.84. The van der Waals surface area contributed by atoms with Crippen LogP contribution in [-0.2, 0) is 4.79 Å². The van der Waals surface area contributed by atoms with E-state index in [9.17, 15) is 4.79 Å². The van der Waals surface area contributed by atoms with Crippen molar-refractivity contribution in [2.45, 2.75) is 44.2 Å². The number of hydrogen-bond donors (Lipinski definition) is 0. The largest absolute Gasteiger partial charge is 0.342 e. The zero-order valence-electron chi connectivity index (χ0n) is 9.77. The van der Waals surface area contributed by atoms with Crippen molar-refractivity contribution in [3.05, 3.63) is 12.2 Å². The molecule has 88 valence electrons. The van der Waals surface area contributed by atoms with Crippen molar-refractivity contribution < 1.29 is 4.79 Å². The third-order valence-corrected chi connectivity index (χ3v) is 4.23. The number of nitrogens with zero attached hydrogens (tertiary/aromatic N) is 2. The van der Waals surface area contributed by atoms with Crippen LogP contribution >= 0.6 is 0 Å². The Bertz CT molecular complexity index is 307. The maximum Gasteiger partial charge on any atom is 0.236 e. The highest BCUT2D eigenvalue weighted by atomic mass is 16.2. The lowest BCUT2D eigenvalue weighted by molar-refractivity contribution is -0.131. The van der Waals surface area contributed by atoms with Gasteiger partial charge in [-0.3, -0.25) is 9.69 Å². The molecule has 2 atom stereocenters. The van der Waals surface area contributed by atoms with Gasteiger partial charge in [0.2, 0.25) is 5.91 Å². The fourth-order valence-corrected chi connectivity index (χ4v) is 3.29. The van der Waals surface area contributed by atoms with Gasteiger partial charge in [0, 0.05) is 25.2 Å². The zero-order valence-corrected chi connectivity index (χ0v) is 9.77. The van der Waals surface area contributed by atoms with Gasteiger partial charge in [-0.15, -0.1) is 0 Å². The molecule has 0 aliphatic carbocycles. The summed E-state index contributed by atoms with van der Waals surface area (Å²) < 4.78 is 0. The van der Waals surface area contributed by atoms with Gasteiger partial charge in [0.15, 0.2) is 0 Å². The predicted molar refractivity (Wildman–Crippen MR) is 63.1 cm³/mol. The van der Waals surface area contributed by atoms with Gasteiger partial charge >= 0.3 is 0 Å². The second-order valence-corrected chi connectivity index (χ2v) is 5.22. The van der Waals surface area contributed by atoms with Crippen LogP contribution in [0.25, 0.3) is 0 Å². The Kier molecular flexibility index (Phi) is 2.72. The average Bonchev–Trinajstić information content (AvgIpc) is 2.86. The minimum atomic E-state index is 0.352. The molecular weight excluding hydrogens is 200 g/mol. The summed E-state index contributed by atoms with van der Waals surface area (Å²) in [5, 5.41) is 0. The Labute approximate surface area is 97.1 Å². The molecule has 3 nitrogen and oxygen atoms in total. The molecule has 1 amide bonds. The number of carbonyl (C=O) groups excluding carboxylic acids is 1. The van der Waals surface area contributed by atoms with Crippen molar-refractivity contribution in [3.8, 4) is 0 Å². The van der Waals surface area contributed by atoms with Crippen LogP contribution < -0.4 is 0 Å². The second-order valence-electron chi connectivity index (χ2n) is 5.22. The highest BCUT2D eigenvalue weighted by molar-refractivity contribution is 5.78. The van der Waals surface area contributed by atoms with Gasteiger partial charge in [0.25, 0.3) is 0 Å². The Hall–Kier alpha value is -0.830. The van der Waals surface area contributed by atoms with Gasteiger partial charge in [-0.25, -0.2) is 0 Å². The first-order valence-corrected chi connectivity index (χ1v) is 6.55. The number of likely N-dealkylation sites (tertiary alicyclic amines) is 1. The van der Waals surface area contributed by atoms with E-state index in [-0.39, 0.29) is 0 Å². The molecule has 3 rings (SSSR count). The van der Waals surface area contributed by atoms with Crippen molar-refractivity contribution in [2.75, 3.05) is 19.6 Å². The lowest BCUT2D eigenvalue weighted by Gasteiger charge is -2.31. The molecular formula is C13H20N2O. The van der Waals surface area contributed by atoms with E-state index < -0.39 is 0 Å². The van der Waals surface area contributed by atoms with Crippen molar-refractivity contribution >= 4 is 5.91 Å². The fraction of sp³-hybridized carbons (Fsp3) is 0.769. The molecule has 0 aromatic carbocycles. The smallest absolute Gasteiger partial charge is 0.236 e. The second kappa shape index (κ2) is 4.21. The highest BCUT2D eigenvalue weighted by Gasteiger charge is 2.35. The quantitative estimate of drug-likeness (QED) is 0.657. The summed E-state index contributed by atoms with van der Waals surface area (Å²) in [6.45, 7) is 2.62. The monoisotopic (exact) mass is 220 g/mol. The van der Waals surface area contributed by atoms with Crippen molar-refractivity contribution in [3.63, 3.8) is 0 Å². The Morgan fingerprint density at radius 1 is 1.25 bits per heavy atom. The Balaban J connectivity index is 1.62. The molecule has 0 aromatic rings. The molecule has 3 heterocycles. The molecule has 0 spiro atoms. The molecule has 0 radical (unpaired) electrons. The van der Waals surface area contributed by atoms with E-state index in [1.807, 2.05) is 4.90 Å². The van der Waals surface area contributed by atoms with E-state index in [0.29, 0.717) is 24.5 Å². The van der Waals surface area contributed by atoms with Gasteiger partial charge in [-0.05, 0) is 32.1 Å². The summed E-state index contributed by atoms with van der Waals surface area (Å²) in [6.07, 6.45) is 10.6. The maximum absolute atomic E-state index is 12.1. The van der Waals surface area contributed by atoms with Crippen molar-refractivity contribution in [1.82, 2.24) is 9.80 Å². The number of amides is 1.